The summed E-state index contributed by atoms with van der Waals surface area (Å²) < 4.78 is 16.1. The van der Waals surface area contributed by atoms with Crippen LogP contribution in [0.4, 0.5) is 5.69 Å². The fraction of sp³-hybridized carbons (Fsp3) is 0.304. The second kappa shape index (κ2) is 13.6. The molecule has 2 aromatic rings. The molecule has 0 aliphatic rings. The van der Waals surface area contributed by atoms with Gasteiger partial charge < -0.3 is 19.5 Å². The molecule has 34 heavy (non-hydrogen) atoms. The summed E-state index contributed by atoms with van der Waals surface area (Å²) >= 11 is 9.41. The number of anilines is 1. The molecule has 0 unspecified atom stereocenters. The molecule has 0 heterocycles. The van der Waals surface area contributed by atoms with Crippen molar-refractivity contribution in [1.29, 1.82) is 0 Å². The van der Waals surface area contributed by atoms with Gasteiger partial charge in [0.2, 0.25) is 11.8 Å². The van der Waals surface area contributed by atoms with Crippen molar-refractivity contribution in [2.75, 3.05) is 25.6 Å². The van der Waals surface area contributed by atoms with Gasteiger partial charge in [0.15, 0.2) is 18.1 Å². The predicted octanol–water partition coefficient (Wildman–Crippen LogP) is 4.23. The van der Waals surface area contributed by atoms with Crippen molar-refractivity contribution in [2.45, 2.75) is 26.7 Å². The first-order valence-electron chi connectivity index (χ1n) is 10.3. The maximum atomic E-state index is 12.0. The van der Waals surface area contributed by atoms with Gasteiger partial charge in [-0.15, -0.1) is 0 Å². The number of ether oxygens (including phenoxy) is 3. The molecule has 0 saturated heterocycles. The molecule has 0 radical (unpaired) electrons. The molecule has 0 saturated carbocycles. The first-order valence-corrected chi connectivity index (χ1v) is 11.4. The molecule has 2 amide bonds. The van der Waals surface area contributed by atoms with E-state index in [2.05, 4.69) is 31.8 Å². The maximum Gasteiger partial charge on any atom is 0.344 e. The normalized spacial score (nSPS) is 10.6. The van der Waals surface area contributed by atoms with Crippen LogP contribution < -0.4 is 20.2 Å². The molecule has 0 fully saturated rings. The van der Waals surface area contributed by atoms with Gasteiger partial charge in [0, 0.05) is 23.6 Å². The molecule has 0 atom stereocenters. The molecule has 2 N–H and O–H groups in total. The maximum absolute atomic E-state index is 12.0. The Hall–Kier alpha value is -3.11. The number of aryl methyl sites for hydroxylation is 1. The van der Waals surface area contributed by atoms with Crippen molar-refractivity contribution in [3.63, 3.8) is 0 Å². The Morgan fingerprint density at radius 1 is 1.15 bits per heavy atom. The number of rotatable bonds is 11. The molecule has 11 heteroatoms. The molecule has 182 valence electrons. The summed E-state index contributed by atoms with van der Waals surface area (Å²) in [6, 6.07) is 8.49. The number of hydrazone groups is 1. The number of methoxy groups -OCH3 is 1. The number of hydrogen-bond acceptors (Lipinski definition) is 7. The summed E-state index contributed by atoms with van der Waals surface area (Å²) in [6.45, 7) is 3.56. The highest BCUT2D eigenvalue weighted by atomic mass is 79.9. The largest absolute Gasteiger partial charge is 0.493 e. The molecule has 0 aromatic heterocycles. The van der Waals surface area contributed by atoms with Gasteiger partial charge in [-0.05, 0) is 65.2 Å². The second-order valence-corrected chi connectivity index (χ2v) is 8.19. The number of carbonyl (C=O) groups is 3. The van der Waals surface area contributed by atoms with E-state index in [0.29, 0.717) is 32.2 Å². The molecular weight excluding hydrogens is 530 g/mol. The number of carbonyl (C=O) groups excluding carboxylic acids is 3. The Morgan fingerprint density at radius 3 is 2.56 bits per heavy atom. The average Bonchev–Trinajstić information content (AvgIpc) is 2.79. The van der Waals surface area contributed by atoms with E-state index in [1.54, 1.807) is 37.3 Å². The Balaban J connectivity index is 1.87. The zero-order chi connectivity index (χ0) is 25.1. The fourth-order valence-electron chi connectivity index (χ4n) is 2.64. The quantitative estimate of drug-likeness (QED) is 0.244. The summed E-state index contributed by atoms with van der Waals surface area (Å²) in [4.78, 5) is 35.6. The zero-order valence-electron chi connectivity index (χ0n) is 18.9. The number of nitrogens with one attached hydrogen (secondary N) is 2. The molecule has 2 aromatic carbocycles. The van der Waals surface area contributed by atoms with Gasteiger partial charge in [-0.25, -0.2) is 10.2 Å². The van der Waals surface area contributed by atoms with Crippen LogP contribution in [-0.4, -0.2) is 44.3 Å². The second-order valence-electron chi connectivity index (χ2n) is 6.93. The summed E-state index contributed by atoms with van der Waals surface area (Å²) in [5, 5.41) is 7.15. The van der Waals surface area contributed by atoms with Gasteiger partial charge >= 0.3 is 5.97 Å². The zero-order valence-corrected chi connectivity index (χ0v) is 21.3. The summed E-state index contributed by atoms with van der Waals surface area (Å²) in [5.74, 6) is -0.544. The highest BCUT2D eigenvalue weighted by molar-refractivity contribution is 9.10. The lowest BCUT2D eigenvalue weighted by Crippen LogP contribution is -2.20. The van der Waals surface area contributed by atoms with Crippen LogP contribution in [0.3, 0.4) is 0 Å². The van der Waals surface area contributed by atoms with E-state index in [1.807, 2.05) is 6.92 Å². The van der Waals surface area contributed by atoms with Crippen molar-refractivity contribution in [3.05, 3.63) is 51.0 Å². The first-order chi connectivity index (χ1) is 16.2. The monoisotopic (exact) mass is 553 g/mol. The summed E-state index contributed by atoms with van der Waals surface area (Å²) in [7, 11) is 1.46. The third-order valence-electron chi connectivity index (χ3n) is 4.33. The Kier molecular flexibility index (Phi) is 10.8. The Morgan fingerprint density at radius 2 is 1.88 bits per heavy atom. The third kappa shape index (κ3) is 8.68. The van der Waals surface area contributed by atoms with Crippen molar-refractivity contribution in [2.24, 2.45) is 5.10 Å². The fourth-order valence-corrected chi connectivity index (χ4v) is 3.40. The first kappa shape index (κ1) is 27.1. The highest BCUT2D eigenvalue weighted by Gasteiger charge is 2.14. The smallest absolute Gasteiger partial charge is 0.344 e. The van der Waals surface area contributed by atoms with Gasteiger partial charge in [0.25, 0.3) is 0 Å². The van der Waals surface area contributed by atoms with Crippen LogP contribution >= 0.6 is 27.5 Å². The van der Waals surface area contributed by atoms with E-state index in [0.717, 1.165) is 5.56 Å². The van der Waals surface area contributed by atoms with E-state index in [1.165, 1.54) is 13.3 Å². The van der Waals surface area contributed by atoms with Gasteiger partial charge in [0.05, 0.1) is 24.4 Å². The van der Waals surface area contributed by atoms with Crippen LogP contribution in [0.5, 0.6) is 11.5 Å². The van der Waals surface area contributed by atoms with Crippen molar-refractivity contribution in [3.8, 4) is 11.5 Å². The molecule has 0 aliphatic heterocycles. The van der Waals surface area contributed by atoms with Crippen LogP contribution in [0, 0.1) is 6.92 Å². The van der Waals surface area contributed by atoms with Crippen LogP contribution in [0.1, 0.15) is 30.9 Å². The number of benzene rings is 2. The highest BCUT2D eigenvalue weighted by Crippen LogP contribution is 2.36. The van der Waals surface area contributed by atoms with Crippen molar-refractivity contribution < 1.29 is 28.6 Å². The number of esters is 1. The predicted molar refractivity (Wildman–Crippen MR) is 133 cm³/mol. The number of hydrogen-bond donors (Lipinski definition) is 2. The summed E-state index contributed by atoms with van der Waals surface area (Å²) in [6.07, 6.45) is 1.35. The minimum Gasteiger partial charge on any atom is -0.493 e. The van der Waals surface area contributed by atoms with Crippen molar-refractivity contribution in [1.82, 2.24) is 5.43 Å². The minimum absolute atomic E-state index is 0.0152. The lowest BCUT2D eigenvalue weighted by molar-refractivity contribution is -0.145. The molecule has 9 nitrogen and oxygen atoms in total. The van der Waals surface area contributed by atoms with Crippen LogP contribution in [-0.2, 0) is 19.1 Å². The van der Waals surface area contributed by atoms with Crippen LogP contribution in [0.15, 0.2) is 39.9 Å². The molecule has 0 spiro atoms. The third-order valence-corrected chi connectivity index (χ3v) is 5.33. The van der Waals surface area contributed by atoms with E-state index >= 15 is 0 Å². The summed E-state index contributed by atoms with van der Waals surface area (Å²) in [5.41, 5.74) is 4.44. The SMILES string of the molecule is CCOC(=O)COc1c(Br)cc(C=NNC(=O)CCC(=O)Nc2ccc(C)c(Cl)c2)cc1OC. The van der Waals surface area contributed by atoms with Gasteiger partial charge in [-0.3, -0.25) is 9.59 Å². The Bertz CT molecular complexity index is 1080. The van der Waals surface area contributed by atoms with Crippen LogP contribution in [0.25, 0.3) is 0 Å². The lowest BCUT2D eigenvalue weighted by atomic mass is 10.2. The van der Waals surface area contributed by atoms with Gasteiger partial charge in [-0.1, -0.05) is 17.7 Å². The number of halogens is 2. The van der Waals surface area contributed by atoms with Gasteiger partial charge in [-0.2, -0.15) is 5.10 Å². The number of nitrogens with zero attached hydrogens (tertiary/aromatic N) is 1. The molecule has 0 aliphatic carbocycles. The lowest BCUT2D eigenvalue weighted by Gasteiger charge is -2.13. The topological polar surface area (TPSA) is 115 Å². The van der Waals surface area contributed by atoms with Gasteiger partial charge in [0.1, 0.15) is 0 Å². The standard InChI is InChI=1S/C23H25BrClN3O6/c1-4-33-22(31)13-34-23-17(24)9-15(10-19(23)32-3)12-26-28-21(30)8-7-20(29)27-16-6-5-14(2)18(25)11-16/h5-6,9-12H,4,7-8,13H2,1-3H3,(H,27,29)(H,28,30). The van der Waals surface area contributed by atoms with E-state index < -0.39 is 11.9 Å². The molecule has 2 rings (SSSR count). The van der Waals surface area contributed by atoms with E-state index in [4.69, 9.17) is 25.8 Å². The van der Waals surface area contributed by atoms with Crippen LogP contribution in [0.2, 0.25) is 5.02 Å². The molecular formula is C23H25BrClN3O6. The molecule has 0 bridgehead atoms. The minimum atomic E-state index is -0.499. The Labute approximate surface area is 210 Å². The number of amides is 2. The average molecular weight is 555 g/mol. The van der Waals surface area contributed by atoms with E-state index in [-0.39, 0.29) is 32.0 Å². The van der Waals surface area contributed by atoms with E-state index in [9.17, 15) is 14.4 Å². The van der Waals surface area contributed by atoms with Crippen molar-refractivity contribution >= 4 is 57.2 Å².